The molecule has 6 heteroatoms. The Morgan fingerprint density at radius 2 is 2.40 bits per heavy atom. The van der Waals surface area contributed by atoms with E-state index in [2.05, 4.69) is 15.3 Å². The number of anilines is 1. The van der Waals surface area contributed by atoms with E-state index in [0.29, 0.717) is 5.82 Å². The summed E-state index contributed by atoms with van der Waals surface area (Å²) in [7, 11) is 0. The van der Waals surface area contributed by atoms with Gasteiger partial charge < -0.3 is 11.1 Å². The standard InChI is InChI=1S/C9H10N4OS/c1-5(8(10)14)13-9-7-6(2-3-15-7)11-4-12-9/h2-5H,1H3,(H2,10,14)(H,11,12,13). The predicted octanol–water partition coefficient (Wildman–Crippen LogP) is 0.977. The maximum Gasteiger partial charge on any atom is 0.239 e. The van der Waals surface area contributed by atoms with Gasteiger partial charge in [0, 0.05) is 0 Å². The number of carbonyl (C=O) groups is 1. The van der Waals surface area contributed by atoms with Crippen LogP contribution in [0.15, 0.2) is 17.8 Å². The van der Waals surface area contributed by atoms with Crippen molar-refractivity contribution >= 4 is 33.3 Å². The lowest BCUT2D eigenvalue weighted by Crippen LogP contribution is -2.32. The topological polar surface area (TPSA) is 80.9 Å². The summed E-state index contributed by atoms with van der Waals surface area (Å²) in [5.74, 6) is 0.250. The lowest BCUT2D eigenvalue weighted by atomic mass is 10.3. The Kier molecular flexibility index (Phi) is 2.51. The molecule has 0 aliphatic carbocycles. The van der Waals surface area contributed by atoms with E-state index in [0.717, 1.165) is 10.2 Å². The number of nitrogens with zero attached hydrogens (tertiary/aromatic N) is 2. The van der Waals surface area contributed by atoms with E-state index in [-0.39, 0.29) is 0 Å². The summed E-state index contributed by atoms with van der Waals surface area (Å²) < 4.78 is 0.936. The molecular formula is C9H10N4OS. The van der Waals surface area contributed by atoms with E-state index in [1.165, 1.54) is 17.7 Å². The van der Waals surface area contributed by atoms with Gasteiger partial charge in [-0.2, -0.15) is 0 Å². The van der Waals surface area contributed by atoms with Gasteiger partial charge in [-0.05, 0) is 18.4 Å². The zero-order valence-corrected chi connectivity index (χ0v) is 8.91. The Balaban J connectivity index is 2.35. The normalized spacial score (nSPS) is 12.6. The van der Waals surface area contributed by atoms with Crippen LogP contribution in [0.3, 0.4) is 0 Å². The van der Waals surface area contributed by atoms with Gasteiger partial charge in [-0.3, -0.25) is 4.79 Å². The largest absolute Gasteiger partial charge is 0.368 e. The van der Waals surface area contributed by atoms with Crippen LogP contribution in [0.1, 0.15) is 6.92 Å². The average Bonchev–Trinajstić information content (AvgIpc) is 2.66. The summed E-state index contributed by atoms with van der Waals surface area (Å²) in [6.07, 6.45) is 1.46. The molecule has 5 nitrogen and oxygen atoms in total. The fourth-order valence-corrected chi connectivity index (χ4v) is 1.97. The maximum absolute atomic E-state index is 10.9. The van der Waals surface area contributed by atoms with E-state index in [1.54, 1.807) is 6.92 Å². The van der Waals surface area contributed by atoms with Crippen LogP contribution in [0.25, 0.3) is 10.2 Å². The minimum Gasteiger partial charge on any atom is -0.368 e. The first-order chi connectivity index (χ1) is 7.18. The van der Waals surface area contributed by atoms with Gasteiger partial charge in [0.1, 0.15) is 18.2 Å². The summed E-state index contributed by atoms with van der Waals surface area (Å²) in [5, 5.41) is 4.89. The third-order valence-corrected chi connectivity index (χ3v) is 2.93. The maximum atomic E-state index is 10.9. The first-order valence-corrected chi connectivity index (χ1v) is 5.30. The van der Waals surface area contributed by atoms with Crippen molar-refractivity contribution in [3.63, 3.8) is 0 Å². The van der Waals surface area contributed by atoms with Gasteiger partial charge in [-0.25, -0.2) is 9.97 Å². The molecule has 1 atom stereocenters. The smallest absolute Gasteiger partial charge is 0.239 e. The number of carbonyl (C=O) groups excluding carboxylic acids is 1. The Bertz CT molecular complexity index is 496. The minimum atomic E-state index is -0.440. The number of nitrogens with one attached hydrogen (secondary N) is 1. The van der Waals surface area contributed by atoms with Gasteiger partial charge in [-0.1, -0.05) is 0 Å². The van der Waals surface area contributed by atoms with Gasteiger partial charge >= 0.3 is 0 Å². The summed E-state index contributed by atoms with van der Waals surface area (Å²) in [4.78, 5) is 19.1. The molecule has 0 saturated carbocycles. The van der Waals surface area contributed by atoms with Crippen molar-refractivity contribution in [3.8, 4) is 0 Å². The van der Waals surface area contributed by atoms with Crippen LogP contribution >= 0.6 is 11.3 Å². The predicted molar refractivity (Wildman–Crippen MR) is 59.7 cm³/mol. The van der Waals surface area contributed by atoms with Crippen molar-refractivity contribution in [1.29, 1.82) is 0 Å². The van der Waals surface area contributed by atoms with Crippen LogP contribution < -0.4 is 11.1 Å². The molecule has 0 radical (unpaired) electrons. The zero-order valence-electron chi connectivity index (χ0n) is 8.10. The van der Waals surface area contributed by atoms with Crippen molar-refractivity contribution in [2.75, 3.05) is 5.32 Å². The van der Waals surface area contributed by atoms with Crippen LogP contribution in [-0.4, -0.2) is 21.9 Å². The molecule has 2 rings (SSSR count). The number of thiophene rings is 1. The number of fused-ring (bicyclic) bond motifs is 1. The molecule has 0 fully saturated rings. The molecule has 0 spiro atoms. The first kappa shape index (κ1) is 9.85. The fourth-order valence-electron chi connectivity index (χ4n) is 1.17. The van der Waals surface area contributed by atoms with Crippen LogP contribution in [0.5, 0.6) is 0 Å². The Labute approximate surface area is 90.3 Å². The molecule has 78 valence electrons. The van der Waals surface area contributed by atoms with Gasteiger partial charge in [0.05, 0.1) is 10.2 Å². The Morgan fingerprint density at radius 3 is 3.13 bits per heavy atom. The highest BCUT2D eigenvalue weighted by Crippen LogP contribution is 2.24. The zero-order chi connectivity index (χ0) is 10.8. The second kappa shape index (κ2) is 3.82. The lowest BCUT2D eigenvalue weighted by molar-refractivity contribution is -0.118. The Morgan fingerprint density at radius 1 is 1.60 bits per heavy atom. The number of hydrogen-bond acceptors (Lipinski definition) is 5. The summed E-state index contributed by atoms with van der Waals surface area (Å²) in [6.45, 7) is 1.70. The van der Waals surface area contributed by atoms with Crippen molar-refractivity contribution in [1.82, 2.24) is 9.97 Å². The van der Waals surface area contributed by atoms with Crippen molar-refractivity contribution in [2.45, 2.75) is 13.0 Å². The molecule has 1 unspecified atom stereocenters. The van der Waals surface area contributed by atoms with Crippen molar-refractivity contribution in [3.05, 3.63) is 17.8 Å². The second-order valence-electron chi connectivity index (χ2n) is 3.13. The minimum absolute atomic E-state index is 0.404. The summed E-state index contributed by atoms with van der Waals surface area (Å²) in [6, 6.07) is 1.46. The highest BCUT2D eigenvalue weighted by Gasteiger charge is 2.11. The van der Waals surface area contributed by atoms with E-state index in [9.17, 15) is 4.79 Å². The molecule has 2 aromatic heterocycles. The highest BCUT2D eigenvalue weighted by atomic mass is 32.1. The van der Waals surface area contributed by atoms with E-state index in [1.807, 2.05) is 11.4 Å². The van der Waals surface area contributed by atoms with Gasteiger partial charge in [-0.15, -0.1) is 11.3 Å². The molecule has 0 aliphatic rings. The molecule has 1 amide bonds. The molecule has 2 heterocycles. The SMILES string of the molecule is CC(Nc1ncnc2ccsc12)C(N)=O. The monoisotopic (exact) mass is 222 g/mol. The molecule has 0 aliphatic heterocycles. The highest BCUT2D eigenvalue weighted by molar-refractivity contribution is 7.17. The lowest BCUT2D eigenvalue weighted by Gasteiger charge is -2.10. The number of nitrogens with two attached hydrogens (primary N) is 1. The van der Waals surface area contributed by atoms with E-state index < -0.39 is 11.9 Å². The van der Waals surface area contributed by atoms with E-state index in [4.69, 9.17) is 5.73 Å². The second-order valence-corrected chi connectivity index (χ2v) is 4.04. The first-order valence-electron chi connectivity index (χ1n) is 4.42. The molecule has 0 bridgehead atoms. The van der Waals surface area contributed by atoms with Gasteiger partial charge in [0.15, 0.2) is 0 Å². The molecule has 2 aromatic rings. The third kappa shape index (κ3) is 1.89. The Hall–Kier alpha value is -1.69. The molecule has 0 saturated heterocycles. The molecule has 0 aromatic carbocycles. The third-order valence-electron chi connectivity index (χ3n) is 2.02. The number of aromatic nitrogens is 2. The van der Waals surface area contributed by atoms with Crippen LogP contribution in [-0.2, 0) is 4.79 Å². The quantitative estimate of drug-likeness (QED) is 0.811. The molecule has 3 N–H and O–H groups in total. The average molecular weight is 222 g/mol. The van der Waals surface area contributed by atoms with E-state index >= 15 is 0 Å². The number of rotatable bonds is 3. The van der Waals surface area contributed by atoms with Crippen molar-refractivity contribution in [2.24, 2.45) is 5.73 Å². The number of hydrogen-bond donors (Lipinski definition) is 2. The van der Waals surface area contributed by atoms with Crippen LogP contribution in [0, 0.1) is 0 Å². The summed E-state index contributed by atoms with van der Waals surface area (Å²) >= 11 is 1.53. The van der Waals surface area contributed by atoms with Gasteiger partial charge in [0.2, 0.25) is 5.91 Å². The van der Waals surface area contributed by atoms with Crippen molar-refractivity contribution < 1.29 is 4.79 Å². The molecule has 15 heavy (non-hydrogen) atoms. The number of primary amides is 1. The fraction of sp³-hybridized carbons (Fsp3) is 0.222. The number of amides is 1. The summed E-state index contributed by atoms with van der Waals surface area (Å²) in [5.41, 5.74) is 6.03. The van der Waals surface area contributed by atoms with Crippen LogP contribution in [0.4, 0.5) is 5.82 Å². The molecular weight excluding hydrogens is 212 g/mol. The van der Waals surface area contributed by atoms with Gasteiger partial charge in [0.25, 0.3) is 0 Å². The van der Waals surface area contributed by atoms with Crippen LogP contribution in [0.2, 0.25) is 0 Å².